The third-order valence-corrected chi connectivity index (χ3v) is 4.13. The number of phenolic OH excluding ortho intramolecular Hbond substituents is 2. The first-order valence-corrected chi connectivity index (χ1v) is 7.48. The summed E-state index contributed by atoms with van der Waals surface area (Å²) in [7, 11) is 0. The minimum absolute atomic E-state index is 0.0175. The molecule has 0 saturated heterocycles. The number of halogens is 1. The van der Waals surface area contributed by atoms with Crippen LogP contribution in [0.25, 0.3) is 10.8 Å². The smallest absolute Gasteiger partial charge is 0.152 e. The van der Waals surface area contributed by atoms with Crippen LogP contribution in [0.15, 0.2) is 63.2 Å². The van der Waals surface area contributed by atoms with Crippen LogP contribution in [-0.4, -0.2) is 10.2 Å². The average molecular weight is 357 g/mol. The van der Waals surface area contributed by atoms with E-state index in [4.69, 9.17) is 0 Å². The first-order chi connectivity index (χ1) is 10.6. The summed E-state index contributed by atoms with van der Waals surface area (Å²) in [5.74, 6) is 0.0161. The van der Waals surface area contributed by atoms with Crippen molar-refractivity contribution in [2.45, 2.75) is 6.92 Å². The summed E-state index contributed by atoms with van der Waals surface area (Å²) >= 11 is 3.27. The molecule has 0 fully saturated rings. The predicted molar refractivity (Wildman–Crippen MR) is 90.3 cm³/mol. The number of phenols is 2. The van der Waals surface area contributed by atoms with Crippen LogP contribution >= 0.6 is 15.9 Å². The first kappa shape index (κ1) is 14.5. The van der Waals surface area contributed by atoms with Gasteiger partial charge >= 0.3 is 0 Å². The zero-order valence-electron chi connectivity index (χ0n) is 11.8. The van der Waals surface area contributed by atoms with Crippen LogP contribution in [0.5, 0.6) is 11.5 Å². The second kappa shape index (κ2) is 5.77. The van der Waals surface area contributed by atoms with Gasteiger partial charge in [-0.3, -0.25) is 0 Å². The Morgan fingerprint density at radius 2 is 1.41 bits per heavy atom. The number of hydrogen-bond acceptors (Lipinski definition) is 4. The summed E-state index contributed by atoms with van der Waals surface area (Å²) in [5.41, 5.74) is 2.01. The summed E-state index contributed by atoms with van der Waals surface area (Å²) < 4.78 is 0.319. The molecule has 0 amide bonds. The second-order valence-corrected chi connectivity index (χ2v) is 5.73. The van der Waals surface area contributed by atoms with Gasteiger partial charge in [0.05, 0.1) is 10.2 Å². The van der Waals surface area contributed by atoms with Crippen LogP contribution in [0, 0.1) is 6.92 Å². The van der Waals surface area contributed by atoms with Crippen LogP contribution in [0.2, 0.25) is 0 Å². The molecule has 3 aromatic carbocycles. The summed E-state index contributed by atoms with van der Waals surface area (Å²) in [6, 6.07) is 14.6. The molecule has 0 aromatic heterocycles. The molecule has 2 N–H and O–H groups in total. The molecule has 0 bridgehead atoms. The Labute approximate surface area is 135 Å². The van der Waals surface area contributed by atoms with Gasteiger partial charge < -0.3 is 10.2 Å². The van der Waals surface area contributed by atoms with Gasteiger partial charge in [0.1, 0.15) is 11.4 Å². The van der Waals surface area contributed by atoms with Crippen molar-refractivity contribution in [3.63, 3.8) is 0 Å². The van der Waals surface area contributed by atoms with Crippen molar-refractivity contribution < 1.29 is 10.2 Å². The van der Waals surface area contributed by atoms with Crippen molar-refractivity contribution in [1.82, 2.24) is 0 Å². The van der Waals surface area contributed by atoms with Crippen molar-refractivity contribution in [3.8, 4) is 11.5 Å². The van der Waals surface area contributed by atoms with Crippen LogP contribution in [0.3, 0.4) is 0 Å². The molecule has 110 valence electrons. The fraction of sp³-hybridized carbons (Fsp3) is 0.0588. The molecular weight excluding hydrogens is 344 g/mol. The highest BCUT2D eigenvalue weighted by Crippen LogP contribution is 2.48. The molecule has 3 rings (SSSR count). The van der Waals surface area contributed by atoms with E-state index in [1.165, 1.54) is 0 Å². The largest absolute Gasteiger partial charge is 0.506 e. The fourth-order valence-electron chi connectivity index (χ4n) is 2.17. The first-order valence-electron chi connectivity index (χ1n) is 6.68. The van der Waals surface area contributed by atoms with Gasteiger partial charge in [-0.15, -0.1) is 5.11 Å². The Hall–Kier alpha value is -2.40. The Bertz CT molecular complexity index is 874. The third-order valence-electron chi connectivity index (χ3n) is 3.38. The Morgan fingerprint density at radius 1 is 0.818 bits per heavy atom. The van der Waals surface area contributed by atoms with Gasteiger partial charge in [0, 0.05) is 10.8 Å². The standard InChI is InChI=1S/C17H13BrN2O2/c1-10-6-8-11(9-7-10)19-20-15-14(18)16(21)12-4-2-3-5-13(12)17(15)22/h2-9,21-22H,1H3. The highest BCUT2D eigenvalue weighted by Gasteiger charge is 2.16. The lowest BCUT2D eigenvalue weighted by Crippen LogP contribution is -1.80. The van der Waals surface area contributed by atoms with Crippen molar-refractivity contribution in [3.05, 3.63) is 58.6 Å². The maximum atomic E-state index is 10.4. The van der Waals surface area contributed by atoms with Gasteiger partial charge in [-0.2, -0.15) is 5.11 Å². The van der Waals surface area contributed by atoms with Crippen molar-refractivity contribution >= 4 is 38.1 Å². The van der Waals surface area contributed by atoms with E-state index >= 15 is 0 Å². The van der Waals surface area contributed by atoms with Gasteiger partial charge in [-0.1, -0.05) is 42.0 Å². The van der Waals surface area contributed by atoms with E-state index in [0.29, 0.717) is 20.9 Å². The van der Waals surface area contributed by atoms with Crippen LogP contribution < -0.4 is 0 Å². The maximum Gasteiger partial charge on any atom is 0.152 e. The molecule has 5 heteroatoms. The molecule has 0 aliphatic heterocycles. The zero-order valence-corrected chi connectivity index (χ0v) is 13.4. The fourth-order valence-corrected chi connectivity index (χ4v) is 2.65. The highest BCUT2D eigenvalue weighted by atomic mass is 79.9. The minimum atomic E-state index is -0.0175. The topological polar surface area (TPSA) is 65.2 Å². The summed E-state index contributed by atoms with van der Waals surface area (Å²) in [5, 5.41) is 29.9. The third kappa shape index (κ3) is 2.55. The number of hydrogen-bond donors (Lipinski definition) is 2. The molecule has 0 saturated carbocycles. The Morgan fingerprint density at radius 3 is 2.05 bits per heavy atom. The molecule has 0 atom stereocenters. The molecule has 0 spiro atoms. The normalized spacial score (nSPS) is 11.4. The van der Waals surface area contributed by atoms with E-state index in [1.54, 1.807) is 24.3 Å². The molecular formula is C17H13BrN2O2. The summed E-state index contributed by atoms with van der Waals surface area (Å²) in [6.07, 6.45) is 0. The SMILES string of the molecule is Cc1ccc(N=Nc2c(Br)c(O)c3ccccc3c2O)cc1. The van der Waals surface area contributed by atoms with E-state index in [0.717, 1.165) is 5.56 Å². The van der Waals surface area contributed by atoms with Gasteiger partial charge in [0.2, 0.25) is 0 Å². The van der Waals surface area contributed by atoms with Crippen molar-refractivity contribution in [2.24, 2.45) is 10.2 Å². The lowest BCUT2D eigenvalue weighted by atomic mass is 10.1. The minimum Gasteiger partial charge on any atom is -0.506 e. The summed E-state index contributed by atoms with van der Waals surface area (Å²) in [6.45, 7) is 1.99. The van der Waals surface area contributed by atoms with Gasteiger partial charge in [0.25, 0.3) is 0 Å². The molecule has 4 nitrogen and oxygen atoms in total. The molecule has 0 unspecified atom stereocenters. The number of rotatable bonds is 2. The molecule has 22 heavy (non-hydrogen) atoms. The van der Waals surface area contributed by atoms with Crippen LogP contribution in [0.1, 0.15) is 5.56 Å². The van der Waals surface area contributed by atoms with E-state index in [2.05, 4.69) is 26.2 Å². The average Bonchev–Trinajstić information content (AvgIpc) is 2.54. The number of aromatic hydroxyl groups is 2. The molecule has 0 heterocycles. The van der Waals surface area contributed by atoms with Gasteiger partial charge in [-0.25, -0.2) is 0 Å². The predicted octanol–water partition coefficient (Wildman–Crippen LogP) is 5.74. The van der Waals surface area contributed by atoms with Crippen molar-refractivity contribution in [1.29, 1.82) is 0 Å². The van der Waals surface area contributed by atoms with E-state index in [-0.39, 0.29) is 17.2 Å². The number of benzene rings is 3. The molecule has 0 aliphatic rings. The maximum absolute atomic E-state index is 10.4. The quantitative estimate of drug-likeness (QED) is 0.454. The highest BCUT2D eigenvalue weighted by molar-refractivity contribution is 9.10. The van der Waals surface area contributed by atoms with Gasteiger partial charge in [-0.05, 0) is 35.0 Å². The van der Waals surface area contributed by atoms with E-state index in [9.17, 15) is 10.2 Å². The Kier molecular flexibility index (Phi) is 3.81. The number of nitrogens with zero attached hydrogens (tertiary/aromatic N) is 2. The molecule has 0 radical (unpaired) electrons. The molecule has 3 aromatic rings. The monoisotopic (exact) mass is 356 g/mol. The van der Waals surface area contributed by atoms with E-state index < -0.39 is 0 Å². The van der Waals surface area contributed by atoms with Gasteiger partial charge in [0.15, 0.2) is 5.75 Å². The van der Waals surface area contributed by atoms with E-state index in [1.807, 2.05) is 31.2 Å². The van der Waals surface area contributed by atoms with Crippen molar-refractivity contribution in [2.75, 3.05) is 0 Å². The number of azo groups is 1. The molecule has 0 aliphatic carbocycles. The summed E-state index contributed by atoms with van der Waals surface area (Å²) in [4.78, 5) is 0. The number of aryl methyl sites for hydroxylation is 1. The second-order valence-electron chi connectivity index (χ2n) is 4.94. The van der Waals surface area contributed by atoms with Crippen LogP contribution in [-0.2, 0) is 0 Å². The lowest BCUT2D eigenvalue weighted by Gasteiger charge is -2.09. The Balaban J connectivity index is 2.12. The zero-order chi connectivity index (χ0) is 15.7. The number of fused-ring (bicyclic) bond motifs is 1. The van der Waals surface area contributed by atoms with Crippen LogP contribution in [0.4, 0.5) is 11.4 Å². The lowest BCUT2D eigenvalue weighted by molar-refractivity contribution is 0.467.